The van der Waals surface area contributed by atoms with Crippen molar-refractivity contribution in [2.75, 3.05) is 13.6 Å². The molecular formula is C11H17NO3. The Morgan fingerprint density at radius 3 is 2.60 bits per heavy atom. The minimum absolute atomic E-state index is 0.0696. The number of carboxylic acid groups (broad SMARTS) is 1. The maximum atomic E-state index is 11.9. The first-order valence-corrected chi connectivity index (χ1v) is 5.16. The molecule has 4 nitrogen and oxygen atoms in total. The topological polar surface area (TPSA) is 57.6 Å². The van der Waals surface area contributed by atoms with Gasteiger partial charge in [0.1, 0.15) is 0 Å². The summed E-state index contributed by atoms with van der Waals surface area (Å²) < 4.78 is 0. The van der Waals surface area contributed by atoms with E-state index < -0.39 is 11.9 Å². The van der Waals surface area contributed by atoms with Crippen molar-refractivity contribution in [2.24, 2.45) is 11.8 Å². The lowest BCUT2D eigenvalue weighted by Gasteiger charge is -2.22. The van der Waals surface area contributed by atoms with Crippen LogP contribution in [0, 0.1) is 11.8 Å². The zero-order valence-electron chi connectivity index (χ0n) is 8.98. The summed E-state index contributed by atoms with van der Waals surface area (Å²) in [4.78, 5) is 24.3. The summed E-state index contributed by atoms with van der Waals surface area (Å²) in [5.74, 6) is -1.75. The number of rotatable bonds is 4. The van der Waals surface area contributed by atoms with E-state index in [9.17, 15) is 9.59 Å². The van der Waals surface area contributed by atoms with Crippen LogP contribution >= 0.6 is 0 Å². The zero-order chi connectivity index (χ0) is 11.4. The molecule has 0 heterocycles. The SMILES string of the molecule is C=CCN(C)C(=O)C1CCCC1C(=O)O. The van der Waals surface area contributed by atoms with Crippen LogP contribution in [-0.2, 0) is 9.59 Å². The molecule has 2 unspecified atom stereocenters. The quantitative estimate of drug-likeness (QED) is 0.709. The van der Waals surface area contributed by atoms with Crippen LogP contribution in [0.25, 0.3) is 0 Å². The molecule has 1 N–H and O–H groups in total. The molecule has 0 aromatic rings. The number of amides is 1. The van der Waals surface area contributed by atoms with Crippen molar-refractivity contribution in [3.8, 4) is 0 Å². The van der Waals surface area contributed by atoms with Crippen molar-refractivity contribution in [3.05, 3.63) is 12.7 Å². The number of carboxylic acids is 1. The van der Waals surface area contributed by atoms with E-state index >= 15 is 0 Å². The van der Waals surface area contributed by atoms with Crippen molar-refractivity contribution in [1.82, 2.24) is 4.90 Å². The van der Waals surface area contributed by atoms with Gasteiger partial charge in [0, 0.05) is 13.6 Å². The van der Waals surface area contributed by atoms with Crippen LogP contribution in [0.2, 0.25) is 0 Å². The highest BCUT2D eigenvalue weighted by atomic mass is 16.4. The van der Waals surface area contributed by atoms with Gasteiger partial charge in [-0.2, -0.15) is 0 Å². The molecule has 0 radical (unpaired) electrons. The number of aliphatic carboxylic acids is 1. The largest absolute Gasteiger partial charge is 0.481 e. The highest BCUT2D eigenvalue weighted by Gasteiger charge is 2.38. The summed E-state index contributed by atoms with van der Waals surface area (Å²) in [6, 6.07) is 0. The summed E-state index contributed by atoms with van der Waals surface area (Å²) in [5.41, 5.74) is 0. The Morgan fingerprint density at radius 1 is 1.47 bits per heavy atom. The van der Waals surface area contributed by atoms with Gasteiger partial charge in [0.05, 0.1) is 11.8 Å². The summed E-state index contributed by atoms with van der Waals surface area (Å²) in [7, 11) is 1.68. The molecule has 4 heteroatoms. The van der Waals surface area contributed by atoms with Crippen molar-refractivity contribution in [1.29, 1.82) is 0 Å². The molecule has 1 amide bonds. The molecule has 0 spiro atoms. The molecule has 1 fully saturated rings. The monoisotopic (exact) mass is 211 g/mol. The van der Waals surface area contributed by atoms with Crippen LogP contribution in [0.3, 0.4) is 0 Å². The van der Waals surface area contributed by atoms with Gasteiger partial charge >= 0.3 is 5.97 Å². The second-order valence-corrected chi connectivity index (χ2v) is 3.99. The summed E-state index contributed by atoms with van der Waals surface area (Å²) in [6.07, 6.45) is 3.78. The molecule has 84 valence electrons. The van der Waals surface area contributed by atoms with Crippen molar-refractivity contribution >= 4 is 11.9 Å². The maximum Gasteiger partial charge on any atom is 0.307 e. The average molecular weight is 211 g/mol. The number of carbonyl (C=O) groups is 2. The van der Waals surface area contributed by atoms with E-state index in [4.69, 9.17) is 5.11 Å². The Bertz CT molecular complexity index is 275. The fraction of sp³-hybridized carbons (Fsp3) is 0.636. The van der Waals surface area contributed by atoms with Crippen LogP contribution in [-0.4, -0.2) is 35.5 Å². The number of carbonyl (C=O) groups excluding carboxylic acids is 1. The number of hydrogen-bond acceptors (Lipinski definition) is 2. The summed E-state index contributed by atoms with van der Waals surface area (Å²) in [5, 5.41) is 8.95. The van der Waals surface area contributed by atoms with Crippen LogP contribution in [0.1, 0.15) is 19.3 Å². The average Bonchev–Trinajstić information content (AvgIpc) is 2.65. The Hall–Kier alpha value is -1.32. The molecule has 1 rings (SSSR count). The van der Waals surface area contributed by atoms with E-state index in [-0.39, 0.29) is 11.8 Å². The third kappa shape index (κ3) is 2.58. The third-order valence-corrected chi connectivity index (χ3v) is 2.93. The van der Waals surface area contributed by atoms with Gasteiger partial charge in [-0.25, -0.2) is 0 Å². The molecule has 0 aliphatic heterocycles. The van der Waals surface area contributed by atoms with E-state index in [1.807, 2.05) is 0 Å². The zero-order valence-corrected chi connectivity index (χ0v) is 8.98. The number of hydrogen-bond donors (Lipinski definition) is 1. The fourth-order valence-electron chi connectivity index (χ4n) is 2.12. The Kier molecular flexibility index (Phi) is 3.88. The molecule has 1 aliphatic carbocycles. The maximum absolute atomic E-state index is 11.9. The van der Waals surface area contributed by atoms with Crippen LogP contribution < -0.4 is 0 Å². The molecule has 0 aromatic heterocycles. The highest BCUT2D eigenvalue weighted by molar-refractivity contribution is 5.85. The van der Waals surface area contributed by atoms with E-state index in [1.165, 1.54) is 0 Å². The van der Waals surface area contributed by atoms with E-state index in [1.54, 1.807) is 18.0 Å². The Balaban J connectivity index is 2.65. The molecule has 1 saturated carbocycles. The second-order valence-electron chi connectivity index (χ2n) is 3.99. The summed E-state index contributed by atoms with van der Waals surface area (Å²) >= 11 is 0. The lowest BCUT2D eigenvalue weighted by molar-refractivity contribution is -0.148. The molecule has 2 atom stereocenters. The van der Waals surface area contributed by atoms with E-state index in [2.05, 4.69) is 6.58 Å². The molecule has 0 bridgehead atoms. The van der Waals surface area contributed by atoms with Crippen LogP contribution in [0.15, 0.2) is 12.7 Å². The van der Waals surface area contributed by atoms with Gasteiger partial charge in [-0.15, -0.1) is 6.58 Å². The summed E-state index contributed by atoms with van der Waals surface area (Å²) in [6.45, 7) is 4.03. The molecular weight excluding hydrogens is 194 g/mol. The number of likely N-dealkylation sites (N-methyl/N-ethyl adjacent to an activating group) is 1. The molecule has 0 saturated heterocycles. The molecule has 0 aromatic carbocycles. The predicted molar refractivity (Wildman–Crippen MR) is 56.3 cm³/mol. The smallest absolute Gasteiger partial charge is 0.307 e. The van der Waals surface area contributed by atoms with E-state index in [0.29, 0.717) is 19.4 Å². The van der Waals surface area contributed by atoms with Gasteiger partial charge in [0.2, 0.25) is 5.91 Å². The first-order chi connectivity index (χ1) is 7.07. The van der Waals surface area contributed by atoms with Crippen molar-refractivity contribution in [2.45, 2.75) is 19.3 Å². The lowest BCUT2D eigenvalue weighted by Crippen LogP contribution is -2.36. The van der Waals surface area contributed by atoms with E-state index in [0.717, 1.165) is 6.42 Å². The van der Waals surface area contributed by atoms with Crippen LogP contribution in [0.4, 0.5) is 0 Å². The molecule has 1 aliphatic rings. The first-order valence-electron chi connectivity index (χ1n) is 5.16. The van der Waals surface area contributed by atoms with Crippen LogP contribution in [0.5, 0.6) is 0 Å². The Labute approximate surface area is 89.6 Å². The minimum atomic E-state index is -0.849. The number of nitrogens with zero attached hydrogens (tertiary/aromatic N) is 1. The van der Waals surface area contributed by atoms with Gasteiger partial charge < -0.3 is 10.0 Å². The van der Waals surface area contributed by atoms with Gasteiger partial charge in [-0.1, -0.05) is 12.5 Å². The minimum Gasteiger partial charge on any atom is -0.481 e. The van der Waals surface area contributed by atoms with Gasteiger partial charge in [-0.05, 0) is 12.8 Å². The van der Waals surface area contributed by atoms with Crippen molar-refractivity contribution in [3.63, 3.8) is 0 Å². The van der Waals surface area contributed by atoms with Gasteiger partial charge in [0.15, 0.2) is 0 Å². The van der Waals surface area contributed by atoms with Crippen molar-refractivity contribution < 1.29 is 14.7 Å². The first kappa shape index (κ1) is 11.8. The highest BCUT2D eigenvalue weighted by Crippen LogP contribution is 2.33. The fourth-order valence-corrected chi connectivity index (χ4v) is 2.12. The van der Waals surface area contributed by atoms with Gasteiger partial charge in [-0.3, -0.25) is 9.59 Å². The predicted octanol–water partition coefficient (Wildman–Crippen LogP) is 1.13. The normalized spacial score (nSPS) is 24.9. The lowest BCUT2D eigenvalue weighted by atomic mass is 9.95. The second kappa shape index (κ2) is 4.96. The third-order valence-electron chi connectivity index (χ3n) is 2.93. The molecule has 15 heavy (non-hydrogen) atoms. The Morgan fingerprint density at radius 2 is 2.07 bits per heavy atom. The standard InChI is InChI=1S/C11H17NO3/c1-3-7-12(2)10(13)8-5-4-6-9(8)11(14)15/h3,8-9H,1,4-7H2,2H3,(H,14,15). The van der Waals surface area contributed by atoms with Gasteiger partial charge in [0.25, 0.3) is 0 Å².